The van der Waals surface area contributed by atoms with E-state index in [0.717, 1.165) is 5.56 Å². The lowest BCUT2D eigenvalue weighted by atomic mass is 10.1. The standard InChI is InChI=1S/C16H20N2O5/c1-4-13(17-10(2)19)15(20)18-14(16(21)22)9-11-5-7-12(23-3)8-6-11/h4-8,13-14H,1,9H2,2-3H3,(H,17,19)(H,18,20)(H,21,22). The number of ether oxygens (including phenoxy) is 1. The molecule has 2 unspecified atom stereocenters. The third-order valence-electron chi connectivity index (χ3n) is 3.09. The molecule has 0 bridgehead atoms. The predicted octanol–water partition coefficient (Wildman–Crippen LogP) is 0.498. The van der Waals surface area contributed by atoms with Gasteiger partial charge in [0, 0.05) is 13.3 Å². The molecule has 0 fully saturated rings. The van der Waals surface area contributed by atoms with Crippen LogP contribution in [0.5, 0.6) is 5.75 Å². The molecule has 0 aliphatic rings. The van der Waals surface area contributed by atoms with Gasteiger partial charge in [-0.3, -0.25) is 9.59 Å². The van der Waals surface area contributed by atoms with Crippen LogP contribution in [-0.2, 0) is 20.8 Å². The number of hydrogen-bond donors (Lipinski definition) is 3. The van der Waals surface area contributed by atoms with Crippen LogP contribution >= 0.6 is 0 Å². The van der Waals surface area contributed by atoms with Crippen molar-refractivity contribution in [2.24, 2.45) is 0 Å². The molecule has 0 aliphatic heterocycles. The molecular weight excluding hydrogens is 300 g/mol. The van der Waals surface area contributed by atoms with Crippen LogP contribution in [0.25, 0.3) is 0 Å². The smallest absolute Gasteiger partial charge is 0.326 e. The quantitative estimate of drug-likeness (QED) is 0.605. The lowest BCUT2D eigenvalue weighted by Gasteiger charge is -2.19. The van der Waals surface area contributed by atoms with Gasteiger partial charge in [0.05, 0.1) is 7.11 Å². The van der Waals surface area contributed by atoms with E-state index < -0.39 is 29.9 Å². The van der Waals surface area contributed by atoms with Crippen LogP contribution < -0.4 is 15.4 Å². The first-order valence-electron chi connectivity index (χ1n) is 6.93. The molecule has 0 saturated heterocycles. The molecule has 0 radical (unpaired) electrons. The van der Waals surface area contributed by atoms with Gasteiger partial charge in [-0.05, 0) is 17.7 Å². The molecule has 7 heteroatoms. The third kappa shape index (κ3) is 5.82. The Morgan fingerprint density at radius 3 is 2.30 bits per heavy atom. The van der Waals surface area contributed by atoms with E-state index in [1.807, 2.05) is 0 Å². The molecule has 1 aromatic rings. The van der Waals surface area contributed by atoms with Crippen molar-refractivity contribution in [1.82, 2.24) is 10.6 Å². The molecule has 0 aliphatic carbocycles. The van der Waals surface area contributed by atoms with E-state index >= 15 is 0 Å². The Labute approximate surface area is 134 Å². The van der Waals surface area contributed by atoms with Crippen LogP contribution in [-0.4, -0.2) is 42.1 Å². The van der Waals surface area contributed by atoms with Gasteiger partial charge in [0.15, 0.2) is 0 Å². The summed E-state index contributed by atoms with van der Waals surface area (Å²) in [5, 5.41) is 14.0. The van der Waals surface area contributed by atoms with Gasteiger partial charge in [-0.2, -0.15) is 0 Å². The van der Waals surface area contributed by atoms with Gasteiger partial charge in [0.1, 0.15) is 17.8 Å². The van der Waals surface area contributed by atoms with Gasteiger partial charge in [-0.15, -0.1) is 6.58 Å². The van der Waals surface area contributed by atoms with Crippen LogP contribution in [0.4, 0.5) is 0 Å². The van der Waals surface area contributed by atoms with Crippen molar-refractivity contribution in [3.05, 3.63) is 42.5 Å². The molecule has 0 saturated carbocycles. The van der Waals surface area contributed by atoms with Gasteiger partial charge < -0.3 is 20.5 Å². The Kier molecular flexibility index (Phi) is 6.79. The molecule has 3 N–H and O–H groups in total. The number of rotatable bonds is 8. The Hall–Kier alpha value is -2.83. The second-order valence-corrected chi connectivity index (χ2v) is 4.87. The number of hydrogen-bond acceptors (Lipinski definition) is 4. The predicted molar refractivity (Wildman–Crippen MR) is 84.1 cm³/mol. The van der Waals surface area contributed by atoms with Crippen LogP contribution in [0, 0.1) is 0 Å². The highest BCUT2D eigenvalue weighted by Gasteiger charge is 2.24. The maximum Gasteiger partial charge on any atom is 0.326 e. The molecular formula is C16H20N2O5. The van der Waals surface area contributed by atoms with E-state index in [4.69, 9.17) is 4.74 Å². The van der Waals surface area contributed by atoms with Crippen molar-refractivity contribution in [2.75, 3.05) is 7.11 Å². The fourth-order valence-corrected chi connectivity index (χ4v) is 1.91. The van der Waals surface area contributed by atoms with Crippen LogP contribution in [0.15, 0.2) is 36.9 Å². The van der Waals surface area contributed by atoms with Crippen LogP contribution in [0.1, 0.15) is 12.5 Å². The topological polar surface area (TPSA) is 105 Å². The summed E-state index contributed by atoms with van der Waals surface area (Å²) < 4.78 is 5.03. The number of carbonyl (C=O) groups excluding carboxylic acids is 2. The Bertz CT molecular complexity index is 583. The second-order valence-electron chi connectivity index (χ2n) is 4.87. The number of carbonyl (C=O) groups is 3. The number of carboxylic acid groups (broad SMARTS) is 1. The Morgan fingerprint density at radius 2 is 1.87 bits per heavy atom. The van der Waals surface area contributed by atoms with E-state index in [1.165, 1.54) is 20.1 Å². The minimum atomic E-state index is -1.17. The fraction of sp³-hybridized carbons (Fsp3) is 0.312. The third-order valence-corrected chi connectivity index (χ3v) is 3.09. The van der Waals surface area contributed by atoms with E-state index in [9.17, 15) is 19.5 Å². The highest BCUT2D eigenvalue weighted by Crippen LogP contribution is 2.13. The number of benzene rings is 1. The van der Waals surface area contributed by atoms with Crippen molar-refractivity contribution >= 4 is 17.8 Å². The molecule has 1 rings (SSSR count). The maximum absolute atomic E-state index is 12.0. The summed E-state index contributed by atoms with van der Waals surface area (Å²) in [5.74, 6) is -1.55. The Balaban J connectivity index is 2.77. The molecule has 0 spiro atoms. The number of methoxy groups -OCH3 is 1. The number of nitrogens with one attached hydrogen (secondary N) is 2. The SMILES string of the molecule is C=CC(NC(C)=O)C(=O)NC(Cc1ccc(OC)cc1)C(=O)O. The normalized spacial score (nSPS) is 12.6. The molecule has 0 aromatic heterocycles. The van der Waals surface area contributed by atoms with Gasteiger partial charge in [-0.25, -0.2) is 4.79 Å². The monoisotopic (exact) mass is 320 g/mol. The van der Waals surface area contributed by atoms with Crippen molar-refractivity contribution in [3.63, 3.8) is 0 Å². The van der Waals surface area contributed by atoms with Crippen molar-refractivity contribution in [1.29, 1.82) is 0 Å². The van der Waals surface area contributed by atoms with Crippen molar-refractivity contribution in [3.8, 4) is 5.75 Å². The molecule has 0 heterocycles. The van der Waals surface area contributed by atoms with Crippen LogP contribution in [0.3, 0.4) is 0 Å². The average Bonchev–Trinajstić information content (AvgIpc) is 2.52. The minimum absolute atomic E-state index is 0.106. The van der Waals surface area contributed by atoms with Crippen molar-refractivity contribution < 1.29 is 24.2 Å². The summed E-state index contributed by atoms with van der Waals surface area (Å²) in [7, 11) is 1.53. The highest BCUT2D eigenvalue weighted by atomic mass is 16.5. The zero-order valence-electron chi connectivity index (χ0n) is 13.0. The highest BCUT2D eigenvalue weighted by molar-refractivity contribution is 5.91. The second kappa shape index (κ2) is 8.57. The lowest BCUT2D eigenvalue weighted by molar-refractivity contribution is -0.142. The Morgan fingerprint density at radius 1 is 1.26 bits per heavy atom. The zero-order valence-corrected chi connectivity index (χ0v) is 13.0. The molecule has 1 aromatic carbocycles. The molecule has 7 nitrogen and oxygen atoms in total. The maximum atomic E-state index is 12.0. The van der Waals surface area contributed by atoms with Crippen LogP contribution in [0.2, 0.25) is 0 Å². The van der Waals surface area contributed by atoms with Gasteiger partial charge in [0.2, 0.25) is 11.8 Å². The summed E-state index contributed by atoms with van der Waals surface area (Å²) in [5.41, 5.74) is 0.730. The largest absolute Gasteiger partial charge is 0.497 e. The van der Waals surface area contributed by atoms with Gasteiger partial charge in [-0.1, -0.05) is 18.2 Å². The molecule has 23 heavy (non-hydrogen) atoms. The number of amides is 2. The molecule has 2 atom stereocenters. The fourth-order valence-electron chi connectivity index (χ4n) is 1.91. The van der Waals surface area contributed by atoms with E-state index in [0.29, 0.717) is 5.75 Å². The summed E-state index contributed by atoms with van der Waals surface area (Å²) in [6.45, 7) is 4.71. The van der Waals surface area contributed by atoms with E-state index in [2.05, 4.69) is 17.2 Å². The average molecular weight is 320 g/mol. The number of carboxylic acids is 1. The zero-order chi connectivity index (χ0) is 17.4. The lowest BCUT2D eigenvalue weighted by Crippen LogP contribution is -2.51. The van der Waals surface area contributed by atoms with Gasteiger partial charge >= 0.3 is 5.97 Å². The van der Waals surface area contributed by atoms with E-state index in [1.54, 1.807) is 24.3 Å². The first-order valence-corrected chi connectivity index (χ1v) is 6.93. The summed E-state index contributed by atoms with van der Waals surface area (Å²) in [6.07, 6.45) is 1.35. The van der Waals surface area contributed by atoms with E-state index in [-0.39, 0.29) is 6.42 Å². The first-order chi connectivity index (χ1) is 10.9. The van der Waals surface area contributed by atoms with Gasteiger partial charge in [0.25, 0.3) is 0 Å². The van der Waals surface area contributed by atoms with Crippen molar-refractivity contribution in [2.45, 2.75) is 25.4 Å². The molecule has 2 amide bonds. The first kappa shape index (κ1) is 18.2. The number of aliphatic carboxylic acids is 1. The molecule has 124 valence electrons. The minimum Gasteiger partial charge on any atom is -0.497 e. The summed E-state index contributed by atoms with van der Waals surface area (Å²) in [6, 6.07) is 4.76. The summed E-state index contributed by atoms with van der Waals surface area (Å²) >= 11 is 0. The summed E-state index contributed by atoms with van der Waals surface area (Å²) in [4.78, 5) is 34.4.